The van der Waals surface area contributed by atoms with Crippen LogP contribution in [0.25, 0.3) is 27.8 Å². The minimum absolute atomic E-state index is 0.0173. The van der Waals surface area contributed by atoms with Crippen molar-refractivity contribution in [3.63, 3.8) is 0 Å². The van der Waals surface area contributed by atoms with Crippen LogP contribution >= 0.6 is 0 Å². The van der Waals surface area contributed by atoms with Crippen LogP contribution in [-0.2, 0) is 23.1 Å². The molecule has 2 N–H and O–H groups in total. The Morgan fingerprint density at radius 2 is 2.05 bits per heavy atom. The monoisotopic (exact) mass is 497 g/mol. The normalized spacial score (nSPS) is 22.9. The fraction of sp³-hybridized carbons (Fsp3) is 0.300. The number of hydrogen-bond donors (Lipinski definition) is 2. The lowest BCUT2D eigenvalue weighted by Gasteiger charge is -2.35. The van der Waals surface area contributed by atoms with Crippen molar-refractivity contribution >= 4 is 45.3 Å². The fourth-order valence-corrected chi connectivity index (χ4v) is 6.81. The highest BCUT2D eigenvalue weighted by Gasteiger charge is 2.54. The van der Waals surface area contributed by atoms with Crippen LogP contribution in [0.3, 0.4) is 0 Å². The number of benzene rings is 3. The number of carbonyl (C=O) groups is 2. The smallest absolute Gasteiger partial charge is 0.328 e. The standard InChI is InChI=1S/C30H28FN3O3/c1-34-28-22(17-32-34)14-20-5-3-6-21(26(20)27(28)31)16-30-11-10-19(15-30)13-24(30)29(37)33-23-7-2-4-18(12-23)8-9-25(35)36/h2-9,12,14,17,19,24H,10-11,13,15-16H2,1H3,(H,33,37)(H,35,36)/b9-8+/t19-,24?,30+/m0/s1. The molecule has 4 aromatic rings. The molecule has 2 saturated carbocycles. The minimum atomic E-state index is -1.02. The van der Waals surface area contributed by atoms with Gasteiger partial charge in [-0.3, -0.25) is 9.48 Å². The van der Waals surface area contributed by atoms with Gasteiger partial charge in [-0.15, -0.1) is 0 Å². The van der Waals surface area contributed by atoms with E-state index in [9.17, 15) is 9.59 Å². The average molecular weight is 498 g/mol. The minimum Gasteiger partial charge on any atom is -0.478 e. The van der Waals surface area contributed by atoms with Crippen molar-refractivity contribution in [2.75, 3.05) is 5.32 Å². The molecule has 6 rings (SSSR count). The molecule has 1 heterocycles. The first kappa shape index (κ1) is 23.4. The molecule has 0 saturated heterocycles. The molecule has 1 amide bonds. The van der Waals surface area contributed by atoms with Gasteiger partial charge in [0.1, 0.15) is 5.52 Å². The third-order valence-corrected chi connectivity index (χ3v) is 8.37. The van der Waals surface area contributed by atoms with Crippen LogP contribution in [-0.4, -0.2) is 26.8 Å². The highest BCUT2D eigenvalue weighted by Crippen LogP contribution is 2.59. The summed E-state index contributed by atoms with van der Waals surface area (Å²) in [7, 11) is 1.75. The number of aryl methyl sites for hydroxylation is 1. The van der Waals surface area contributed by atoms with Gasteiger partial charge in [-0.05, 0) is 84.2 Å². The van der Waals surface area contributed by atoms with E-state index in [1.807, 2.05) is 30.3 Å². The Kier molecular flexibility index (Phi) is 5.59. The number of aromatic nitrogens is 2. The molecule has 6 nitrogen and oxygen atoms in total. The van der Waals surface area contributed by atoms with E-state index in [1.165, 1.54) is 6.08 Å². The second kappa shape index (κ2) is 8.83. The largest absolute Gasteiger partial charge is 0.478 e. The maximum absolute atomic E-state index is 15.8. The van der Waals surface area contributed by atoms with Crippen LogP contribution in [0.4, 0.5) is 10.1 Å². The molecular weight excluding hydrogens is 469 g/mol. The van der Waals surface area contributed by atoms with Crippen molar-refractivity contribution in [1.82, 2.24) is 9.78 Å². The summed E-state index contributed by atoms with van der Waals surface area (Å²) in [6.07, 6.45) is 8.78. The first-order valence-electron chi connectivity index (χ1n) is 12.7. The Labute approximate surface area is 213 Å². The van der Waals surface area contributed by atoms with Gasteiger partial charge < -0.3 is 10.4 Å². The summed E-state index contributed by atoms with van der Waals surface area (Å²) < 4.78 is 17.4. The van der Waals surface area contributed by atoms with Gasteiger partial charge in [-0.25, -0.2) is 9.18 Å². The van der Waals surface area contributed by atoms with Crippen LogP contribution < -0.4 is 5.32 Å². The van der Waals surface area contributed by atoms with Gasteiger partial charge in [0, 0.05) is 35.5 Å². The molecule has 0 spiro atoms. The van der Waals surface area contributed by atoms with Gasteiger partial charge >= 0.3 is 5.97 Å². The molecule has 1 unspecified atom stereocenters. The number of halogens is 1. The lowest BCUT2D eigenvalue weighted by atomic mass is 9.70. The molecular formula is C30H28FN3O3. The molecule has 2 fully saturated rings. The maximum atomic E-state index is 15.8. The van der Waals surface area contributed by atoms with Crippen LogP contribution in [0.1, 0.15) is 36.8 Å². The quantitative estimate of drug-likeness (QED) is 0.323. The molecule has 188 valence electrons. The van der Waals surface area contributed by atoms with Gasteiger partial charge in [0.25, 0.3) is 0 Å². The number of carboxylic acids is 1. The molecule has 3 atom stereocenters. The predicted octanol–water partition coefficient (Wildman–Crippen LogP) is 5.95. The zero-order chi connectivity index (χ0) is 25.7. The molecule has 2 aliphatic rings. The predicted molar refractivity (Wildman–Crippen MR) is 142 cm³/mol. The number of carboxylic acid groups (broad SMARTS) is 1. The number of rotatable bonds is 6. The summed E-state index contributed by atoms with van der Waals surface area (Å²) in [6.45, 7) is 0. The number of amides is 1. The number of hydrogen-bond acceptors (Lipinski definition) is 3. The summed E-state index contributed by atoms with van der Waals surface area (Å²) >= 11 is 0. The molecule has 0 aliphatic heterocycles. The van der Waals surface area contributed by atoms with Crippen molar-refractivity contribution < 1.29 is 19.1 Å². The third kappa shape index (κ3) is 4.08. The molecule has 37 heavy (non-hydrogen) atoms. The molecule has 0 radical (unpaired) electrons. The highest BCUT2D eigenvalue weighted by atomic mass is 19.1. The summed E-state index contributed by atoms with van der Waals surface area (Å²) in [5.41, 5.74) is 2.58. The summed E-state index contributed by atoms with van der Waals surface area (Å²) in [5.74, 6) is -0.949. The molecule has 7 heteroatoms. The SMILES string of the molecule is Cn1ncc2cc3cccc(C[C@]45CC[C@@H](CC4C(=O)Nc4cccc(/C=C/C(=O)O)c4)C5)c3c(F)c21. The summed E-state index contributed by atoms with van der Waals surface area (Å²) in [4.78, 5) is 24.4. The van der Waals surface area contributed by atoms with Gasteiger partial charge in [0.2, 0.25) is 5.91 Å². The van der Waals surface area contributed by atoms with Crippen molar-refractivity contribution in [2.45, 2.75) is 32.1 Å². The van der Waals surface area contributed by atoms with Gasteiger partial charge in [-0.2, -0.15) is 5.10 Å². The van der Waals surface area contributed by atoms with E-state index in [4.69, 9.17) is 5.11 Å². The van der Waals surface area contributed by atoms with Crippen molar-refractivity contribution in [3.8, 4) is 0 Å². The van der Waals surface area contributed by atoms with E-state index < -0.39 is 5.97 Å². The number of nitrogens with zero attached hydrogens (tertiary/aromatic N) is 2. The Balaban J connectivity index is 1.31. The number of anilines is 1. The fourth-order valence-electron chi connectivity index (χ4n) is 6.81. The van der Waals surface area contributed by atoms with Crippen LogP contribution in [0.2, 0.25) is 0 Å². The van der Waals surface area contributed by atoms with Crippen LogP contribution in [0.5, 0.6) is 0 Å². The van der Waals surface area contributed by atoms with E-state index in [1.54, 1.807) is 36.1 Å². The van der Waals surface area contributed by atoms with Gasteiger partial charge in [0.05, 0.1) is 6.20 Å². The molecule has 3 aromatic carbocycles. The Bertz CT molecular complexity index is 1590. The molecule has 2 aliphatic carbocycles. The lowest BCUT2D eigenvalue weighted by Crippen LogP contribution is -2.37. The second-order valence-electron chi connectivity index (χ2n) is 10.6. The van der Waals surface area contributed by atoms with Crippen molar-refractivity contribution in [2.24, 2.45) is 24.3 Å². The average Bonchev–Trinajstić information content (AvgIpc) is 3.56. The zero-order valence-corrected chi connectivity index (χ0v) is 20.6. The van der Waals surface area contributed by atoms with Crippen molar-refractivity contribution in [3.05, 3.63) is 77.7 Å². The van der Waals surface area contributed by atoms with Crippen LogP contribution in [0, 0.1) is 23.1 Å². The van der Waals surface area contributed by atoms with Gasteiger partial charge in [-0.1, -0.05) is 30.3 Å². The van der Waals surface area contributed by atoms with E-state index in [-0.39, 0.29) is 23.1 Å². The molecule has 2 bridgehead atoms. The van der Waals surface area contributed by atoms with Crippen LogP contribution in [0.15, 0.2) is 60.8 Å². The Hall–Kier alpha value is -4.00. The number of fused-ring (bicyclic) bond motifs is 4. The molecule has 1 aromatic heterocycles. The Morgan fingerprint density at radius 3 is 2.86 bits per heavy atom. The first-order valence-corrected chi connectivity index (χ1v) is 12.7. The van der Waals surface area contributed by atoms with E-state index in [0.717, 1.165) is 48.1 Å². The maximum Gasteiger partial charge on any atom is 0.328 e. The number of carbonyl (C=O) groups excluding carboxylic acids is 1. The summed E-state index contributed by atoms with van der Waals surface area (Å²) in [6, 6.07) is 15.1. The van der Waals surface area contributed by atoms with E-state index >= 15 is 4.39 Å². The Morgan fingerprint density at radius 1 is 1.22 bits per heavy atom. The van der Waals surface area contributed by atoms with Crippen molar-refractivity contribution in [1.29, 1.82) is 0 Å². The lowest BCUT2D eigenvalue weighted by molar-refractivity contribution is -0.131. The topological polar surface area (TPSA) is 84.2 Å². The van der Waals surface area contributed by atoms with E-state index in [0.29, 0.717) is 34.5 Å². The summed E-state index contributed by atoms with van der Waals surface area (Å²) in [5, 5.41) is 18.5. The van der Waals surface area contributed by atoms with Gasteiger partial charge in [0.15, 0.2) is 5.82 Å². The second-order valence-corrected chi connectivity index (χ2v) is 10.6. The highest BCUT2D eigenvalue weighted by molar-refractivity contribution is 5.99. The number of aliphatic carboxylic acids is 1. The number of nitrogens with one attached hydrogen (secondary N) is 1. The zero-order valence-electron chi connectivity index (χ0n) is 20.6. The first-order chi connectivity index (χ1) is 17.8. The third-order valence-electron chi connectivity index (χ3n) is 8.37. The van der Waals surface area contributed by atoms with E-state index in [2.05, 4.69) is 10.4 Å².